The zero-order chi connectivity index (χ0) is 14.0. The van der Waals surface area contributed by atoms with Crippen molar-refractivity contribution in [2.45, 2.75) is 13.5 Å². The number of methoxy groups -OCH3 is 1. The van der Waals surface area contributed by atoms with Gasteiger partial charge in [-0.05, 0) is 25.1 Å². The van der Waals surface area contributed by atoms with Crippen molar-refractivity contribution in [1.82, 2.24) is 4.57 Å². The van der Waals surface area contributed by atoms with Crippen molar-refractivity contribution < 1.29 is 19.4 Å². The molecular formula is C14H17NO4. The van der Waals surface area contributed by atoms with Gasteiger partial charge in [0.2, 0.25) is 0 Å². The number of aromatic nitrogens is 1. The van der Waals surface area contributed by atoms with Gasteiger partial charge in [-0.25, -0.2) is 4.79 Å². The Labute approximate surface area is 111 Å². The van der Waals surface area contributed by atoms with Crippen LogP contribution >= 0.6 is 0 Å². The molecule has 0 saturated carbocycles. The summed E-state index contributed by atoms with van der Waals surface area (Å²) in [4.78, 5) is 12.1. The fourth-order valence-electron chi connectivity index (χ4n) is 2.22. The number of esters is 1. The van der Waals surface area contributed by atoms with Gasteiger partial charge in [-0.3, -0.25) is 0 Å². The van der Waals surface area contributed by atoms with Crippen LogP contribution in [0.15, 0.2) is 18.2 Å². The molecule has 0 aliphatic carbocycles. The molecular weight excluding hydrogens is 246 g/mol. The predicted molar refractivity (Wildman–Crippen MR) is 71.4 cm³/mol. The predicted octanol–water partition coefficient (Wildman–Crippen LogP) is 1.86. The summed E-state index contributed by atoms with van der Waals surface area (Å²) in [5.41, 5.74) is 1.80. The molecule has 0 aliphatic rings. The molecule has 1 N–H and O–H groups in total. The third-order valence-corrected chi connectivity index (χ3v) is 3.16. The molecule has 0 radical (unpaired) electrons. The molecule has 0 bridgehead atoms. The Morgan fingerprint density at radius 2 is 2.16 bits per heavy atom. The van der Waals surface area contributed by atoms with Crippen molar-refractivity contribution >= 4 is 16.9 Å². The van der Waals surface area contributed by atoms with E-state index in [0.29, 0.717) is 23.6 Å². The SMILES string of the molecule is CCOC(=O)c1c(CO)n(C)c2ccc(OC)cc12. The molecule has 1 aromatic carbocycles. The average Bonchev–Trinajstić information content (AvgIpc) is 2.71. The highest BCUT2D eigenvalue weighted by molar-refractivity contribution is 6.06. The van der Waals surface area contributed by atoms with Crippen molar-refractivity contribution in [1.29, 1.82) is 0 Å². The number of ether oxygens (including phenoxy) is 2. The van der Waals surface area contributed by atoms with Crippen LogP contribution in [0.4, 0.5) is 0 Å². The minimum absolute atomic E-state index is 0.221. The van der Waals surface area contributed by atoms with E-state index >= 15 is 0 Å². The van der Waals surface area contributed by atoms with Gasteiger partial charge >= 0.3 is 5.97 Å². The van der Waals surface area contributed by atoms with Crippen molar-refractivity contribution in [2.24, 2.45) is 7.05 Å². The lowest BCUT2D eigenvalue weighted by Gasteiger charge is -2.04. The molecule has 1 aromatic heterocycles. The Morgan fingerprint density at radius 1 is 1.42 bits per heavy atom. The van der Waals surface area contributed by atoms with Gasteiger partial charge in [0.25, 0.3) is 0 Å². The van der Waals surface area contributed by atoms with Gasteiger partial charge in [0, 0.05) is 18.0 Å². The fourth-order valence-corrected chi connectivity index (χ4v) is 2.22. The largest absolute Gasteiger partial charge is 0.497 e. The van der Waals surface area contributed by atoms with Crippen molar-refractivity contribution in [3.05, 3.63) is 29.5 Å². The van der Waals surface area contributed by atoms with E-state index in [9.17, 15) is 9.90 Å². The van der Waals surface area contributed by atoms with Crippen LogP contribution in [0.3, 0.4) is 0 Å². The number of aliphatic hydroxyl groups excluding tert-OH is 1. The number of hydrogen-bond acceptors (Lipinski definition) is 4. The third-order valence-electron chi connectivity index (χ3n) is 3.16. The van der Waals surface area contributed by atoms with Crippen LogP contribution < -0.4 is 4.74 Å². The Morgan fingerprint density at radius 3 is 2.74 bits per heavy atom. The second kappa shape index (κ2) is 5.32. The summed E-state index contributed by atoms with van der Waals surface area (Å²) < 4.78 is 12.0. The molecule has 0 aliphatic heterocycles. The van der Waals surface area contributed by atoms with Gasteiger partial charge in [-0.2, -0.15) is 0 Å². The van der Waals surface area contributed by atoms with E-state index in [0.717, 1.165) is 10.9 Å². The first-order chi connectivity index (χ1) is 9.13. The molecule has 0 fully saturated rings. The van der Waals surface area contributed by atoms with E-state index in [2.05, 4.69) is 0 Å². The van der Waals surface area contributed by atoms with Crippen molar-refractivity contribution in [2.75, 3.05) is 13.7 Å². The number of fused-ring (bicyclic) bond motifs is 1. The highest BCUT2D eigenvalue weighted by atomic mass is 16.5. The number of nitrogens with zero attached hydrogens (tertiary/aromatic N) is 1. The number of hydrogen-bond donors (Lipinski definition) is 1. The van der Waals surface area contributed by atoms with Crippen LogP contribution in [0.25, 0.3) is 10.9 Å². The summed E-state index contributed by atoms with van der Waals surface area (Å²) in [5, 5.41) is 10.2. The second-order valence-corrected chi connectivity index (χ2v) is 4.14. The summed E-state index contributed by atoms with van der Waals surface area (Å²) in [6.07, 6.45) is 0. The lowest BCUT2D eigenvalue weighted by molar-refractivity contribution is 0.0524. The number of benzene rings is 1. The van der Waals surface area contributed by atoms with Crippen LogP contribution in [0.2, 0.25) is 0 Å². The number of aryl methyl sites for hydroxylation is 1. The van der Waals surface area contributed by atoms with Gasteiger partial charge in [0.05, 0.1) is 31.6 Å². The molecule has 102 valence electrons. The molecule has 0 amide bonds. The smallest absolute Gasteiger partial charge is 0.340 e. The normalized spacial score (nSPS) is 10.7. The number of carbonyl (C=O) groups excluding carboxylic acids is 1. The lowest BCUT2D eigenvalue weighted by atomic mass is 10.1. The van der Waals surface area contributed by atoms with E-state index in [-0.39, 0.29) is 6.61 Å². The molecule has 0 saturated heterocycles. The highest BCUT2D eigenvalue weighted by Crippen LogP contribution is 2.29. The maximum atomic E-state index is 12.1. The third kappa shape index (κ3) is 2.17. The van der Waals surface area contributed by atoms with E-state index < -0.39 is 5.97 Å². The summed E-state index contributed by atoms with van der Waals surface area (Å²) in [5.74, 6) is 0.235. The Kier molecular flexibility index (Phi) is 3.76. The maximum Gasteiger partial charge on any atom is 0.340 e. The monoisotopic (exact) mass is 263 g/mol. The van der Waals surface area contributed by atoms with Gasteiger partial charge in [0.15, 0.2) is 0 Å². The highest BCUT2D eigenvalue weighted by Gasteiger charge is 2.21. The minimum atomic E-state index is -0.426. The fraction of sp³-hybridized carbons (Fsp3) is 0.357. The number of rotatable bonds is 4. The molecule has 0 spiro atoms. The first kappa shape index (κ1) is 13.4. The molecule has 1 heterocycles. The summed E-state index contributed by atoms with van der Waals surface area (Å²) in [6, 6.07) is 5.45. The van der Waals surface area contributed by atoms with Gasteiger partial charge < -0.3 is 19.1 Å². The summed E-state index contributed by atoms with van der Waals surface area (Å²) >= 11 is 0. The Balaban J connectivity index is 2.73. The first-order valence-corrected chi connectivity index (χ1v) is 6.07. The maximum absolute atomic E-state index is 12.1. The standard InChI is InChI=1S/C14H17NO4/c1-4-19-14(17)13-10-7-9(18-3)5-6-11(10)15(2)12(13)8-16/h5-7,16H,4,8H2,1-3H3. The average molecular weight is 263 g/mol. The van der Waals surface area contributed by atoms with Crippen molar-refractivity contribution in [3.8, 4) is 5.75 Å². The van der Waals surface area contributed by atoms with E-state index in [4.69, 9.17) is 9.47 Å². The minimum Gasteiger partial charge on any atom is -0.497 e. The molecule has 0 unspecified atom stereocenters. The van der Waals surface area contributed by atoms with Crippen LogP contribution in [-0.4, -0.2) is 29.4 Å². The Bertz CT molecular complexity index is 615. The molecule has 5 heteroatoms. The lowest BCUT2D eigenvalue weighted by Crippen LogP contribution is -2.08. The quantitative estimate of drug-likeness (QED) is 0.855. The zero-order valence-electron chi connectivity index (χ0n) is 11.3. The molecule has 2 aromatic rings. The second-order valence-electron chi connectivity index (χ2n) is 4.14. The topological polar surface area (TPSA) is 60.7 Å². The van der Waals surface area contributed by atoms with Crippen molar-refractivity contribution in [3.63, 3.8) is 0 Å². The van der Waals surface area contributed by atoms with Crippen LogP contribution in [0, 0.1) is 0 Å². The van der Waals surface area contributed by atoms with Crippen LogP contribution in [0.5, 0.6) is 5.75 Å². The molecule has 2 rings (SSSR count). The summed E-state index contributed by atoms with van der Waals surface area (Å²) in [6.45, 7) is 1.83. The van der Waals surface area contributed by atoms with E-state index in [1.807, 2.05) is 19.2 Å². The zero-order valence-corrected chi connectivity index (χ0v) is 11.3. The molecule has 0 atom stereocenters. The van der Waals surface area contributed by atoms with Gasteiger partial charge in [-0.15, -0.1) is 0 Å². The van der Waals surface area contributed by atoms with E-state index in [1.165, 1.54) is 0 Å². The number of carbonyl (C=O) groups is 1. The van der Waals surface area contributed by atoms with E-state index in [1.54, 1.807) is 24.7 Å². The first-order valence-electron chi connectivity index (χ1n) is 6.07. The summed E-state index contributed by atoms with van der Waals surface area (Å²) in [7, 11) is 3.38. The number of aliphatic hydroxyl groups is 1. The van der Waals surface area contributed by atoms with Gasteiger partial charge in [-0.1, -0.05) is 0 Å². The molecule has 19 heavy (non-hydrogen) atoms. The molecule has 5 nitrogen and oxygen atoms in total. The van der Waals surface area contributed by atoms with Crippen LogP contribution in [-0.2, 0) is 18.4 Å². The van der Waals surface area contributed by atoms with Gasteiger partial charge in [0.1, 0.15) is 5.75 Å². The Hall–Kier alpha value is -2.01. The van der Waals surface area contributed by atoms with Crippen LogP contribution in [0.1, 0.15) is 23.0 Å².